The van der Waals surface area contributed by atoms with Crippen molar-refractivity contribution in [2.75, 3.05) is 30.4 Å². The number of carbonyl (C=O) groups is 1. The molecule has 0 aliphatic carbocycles. The zero-order valence-electron chi connectivity index (χ0n) is 14.3. The van der Waals surface area contributed by atoms with Crippen molar-refractivity contribution in [3.63, 3.8) is 0 Å². The number of aryl methyl sites for hydroxylation is 1. The number of hydrogen-bond donors (Lipinski definition) is 1. The van der Waals surface area contributed by atoms with Crippen molar-refractivity contribution in [2.24, 2.45) is 0 Å². The Balaban J connectivity index is 1.61. The lowest BCUT2D eigenvalue weighted by Gasteiger charge is -2.44. The number of halogens is 3. The van der Waals surface area contributed by atoms with Crippen molar-refractivity contribution in [1.29, 1.82) is 0 Å². The summed E-state index contributed by atoms with van der Waals surface area (Å²) >= 11 is 0. The lowest BCUT2D eigenvalue weighted by atomic mass is 10.1. The Bertz CT molecular complexity index is 788. The second-order valence-electron chi connectivity index (χ2n) is 6.18. The second kappa shape index (κ2) is 6.81. The lowest BCUT2D eigenvalue weighted by molar-refractivity contribution is -0.136. The molecule has 9 heteroatoms. The zero-order chi connectivity index (χ0) is 18.9. The highest BCUT2D eigenvalue weighted by Gasteiger charge is 2.36. The molecule has 0 bridgehead atoms. The van der Waals surface area contributed by atoms with Gasteiger partial charge in [0, 0.05) is 20.1 Å². The van der Waals surface area contributed by atoms with E-state index in [0.717, 1.165) is 11.8 Å². The molecule has 3 rings (SSSR count). The summed E-state index contributed by atoms with van der Waals surface area (Å²) in [5, 5.41) is 10.4. The van der Waals surface area contributed by atoms with Crippen LogP contribution in [-0.4, -0.2) is 47.3 Å². The number of nitrogens with one attached hydrogen (secondary N) is 1. The minimum atomic E-state index is -4.53. The maximum atomic E-state index is 13.0. The standard InChI is InChI=1S/C17H18F3N5O/c1-11-7-8-15(23-22-11)25-9-12(10-25)24(2)16(26)21-14-6-4-3-5-13(14)17(18,19)20/h3-8,12H,9-10H2,1-2H3,(H,21,26). The smallest absolute Gasteiger partial charge is 0.351 e. The number of amides is 2. The number of rotatable bonds is 3. The third-order valence-corrected chi connectivity index (χ3v) is 4.31. The maximum Gasteiger partial charge on any atom is 0.418 e. The first-order chi connectivity index (χ1) is 12.3. The van der Waals surface area contributed by atoms with Crippen molar-refractivity contribution in [2.45, 2.75) is 19.1 Å². The first-order valence-corrected chi connectivity index (χ1v) is 8.01. The minimum absolute atomic E-state index is 0.115. The summed E-state index contributed by atoms with van der Waals surface area (Å²) in [5.74, 6) is 0.711. The predicted molar refractivity (Wildman–Crippen MR) is 91.0 cm³/mol. The lowest BCUT2D eigenvalue weighted by Crippen LogP contribution is -2.60. The molecule has 26 heavy (non-hydrogen) atoms. The van der Waals surface area contributed by atoms with Crippen molar-refractivity contribution in [3.05, 3.63) is 47.7 Å². The molecule has 1 aliphatic rings. The summed E-state index contributed by atoms with van der Waals surface area (Å²) in [7, 11) is 1.56. The fourth-order valence-electron chi connectivity index (χ4n) is 2.66. The molecule has 1 aromatic heterocycles. The molecule has 1 aliphatic heterocycles. The van der Waals surface area contributed by atoms with E-state index >= 15 is 0 Å². The van der Waals surface area contributed by atoms with E-state index in [1.165, 1.54) is 23.1 Å². The monoisotopic (exact) mass is 365 g/mol. The van der Waals surface area contributed by atoms with E-state index in [1.54, 1.807) is 7.05 Å². The Labute approximate surface area is 148 Å². The van der Waals surface area contributed by atoms with Crippen LogP contribution in [0.3, 0.4) is 0 Å². The van der Waals surface area contributed by atoms with E-state index in [1.807, 2.05) is 24.0 Å². The number of aromatic nitrogens is 2. The van der Waals surface area contributed by atoms with Gasteiger partial charge in [-0.15, -0.1) is 5.10 Å². The van der Waals surface area contributed by atoms with Crippen LogP contribution < -0.4 is 10.2 Å². The van der Waals surface area contributed by atoms with E-state index in [0.29, 0.717) is 18.9 Å². The number of nitrogens with zero attached hydrogens (tertiary/aromatic N) is 4. The zero-order valence-corrected chi connectivity index (χ0v) is 14.3. The van der Waals surface area contributed by atoms with Gasteiger partial charge in [0.15, 0.2) is 5.82 Å². The van der Waals surface area contributed by atoms with Gasteiger partial charge in [-0.3, -0.25) is 0 Å². The van der Waals surface area contributed by atoms with Gasteiger partial charge < -0.3 is 15.1 Å². The Morgan fingerprint density at radius 2 is 1.88 bits per heavy atom. The van der Waals surface area contributed by atoms with Gasteiger partial charge in [-0.1, -0.05) is 12.1 Å². The first-order valence-electron chi connectivity index (χ1n) is 8.01. The second-order valence-corrected chi connectivity index (χ2v) is 6.18. The van der Waals surface area contributed by atoms with E-state index in [4.69, 9.17) is 0 Å². The highest BCUT2D eigenvalue weighted by Crippen LogP contribution is 2.34. The molecule has 0 unspecified atom stereocenters. The molecule has 0 atom stereocenters. The largest absolute Gasteiger partial charge is 0.418 e. The number of urea groups is 1. The Morgan fingerprint density at radius 3 is 2.50 bits per heavy atom. The molecule has 6 nitrogen and oxygen atoms in total. The number of para-hydroxylation sites is 1. The van der Waals surface area contributed by atoms with Crippen LogP contribution in [0.2, 0.25) is 0 Å². The van der Waals surface area contributed by atoms with Gasteiger partial charge in [0.05, 0.1) is 23.0 Å². The van der Waals surface area contributed by atoms with Crippen molar-refractivity contribution >= 4 is 17.5 Å². The third kappa shape index (κ3) is 3.71. The number of alkyl halides is 3. The molecular formula is C17H18F3N5O. The minimum Gasteiger partial charge on any atom is -0.351 e. The summed E-state index contributed by atoms with van der Waals surface area (Å²) in [5.41, 5.74) is -0.310. The SMILES string of the molecule is Cc1ccc(N2CC(N(C)C(=O)Nc3ccccc3C(F)(F)F)C2)nn1. The Kier molecular flexibility index (Phi) is 4.71. The molecule has 1 saturated heterocycles. The highest BCUT2D eigenvalue weighted by molar-refractivity contribution is 5.90. The molecular weight excluding hydrogens is 347 g/mol. The maximum absolute atomic E-state index is 13.0. The van der Waals surface area contributed by atoms with E-state index in [-0.39, 0.29) is 11.7 Å². The quantitative estimate of drug-likeness (QED) is 0.908. The molecule has 1 N–H and O–H groups in total. The fourth-order valence-corrected chi connectivity index (χ4v) is 2.66. The normalized spacial score (nSPS) is 14.7. The van der Waals surface area contributed by atoms with Gasteiger partial charge in [0.1, 0.15) is 0 Å². The topological polar surface area (TPSA) is 61.4 Å². The molecule has 0 saturated carbocycles. The highest BCUT2D eigenvalue weighted by atomic mass is 19.4. The summed E-state index contributed by atoms with van der Waals surface area (Å²) in [6.45, 7) is 2.93. The molecule has 2 heterocycles. The summed E-state index contributed by atoms with van der Waals surface area (Å²) in [6, 6.07) is 7.91. The summed E-state index contributed by atoms with van der Waals surface area (Å²) < 4.78 is 39.1. The molecule has 0 radical (unpaired) electrons. The average molecular weight is 365 g/mol. The molecule has 1 aromatic carbocycles. The van der Waals surface area contributed by atoms with Gasteiger partial charge in [-0.05, 0) is 31.2 Å². The first kappa shape index (κ1) is 18.0. The molecule has 0 spiro atoms. The Hall–Kier alpha value is -2.84. The number of anilines is 2. The molecule has 2 aromatic rings. The molecule has 2 amide bonds. The summed E-state index contributed by atoms with van der Waals surface area (Å²) in [4.78, 5) is 15.7. The summed E-state index contributed by atoms with van der Waals surface area (Å²) in [6.07, 6.45) is -4.53. The van der Waals surface area contributed by atoms with Crippen molar-refractivity contribution < 1.29 is 18.0 Å². The molecule has 138 valence electrons. The van der Waals surface area contributed by atoms with Gasteiger partial charge in [-0.2, -0.15) is 18.3 Å². The van der Waals surface area contributed by atoms with Gasteiger partial charge in [-0.25, -0.2) is 4.79 Å². The Morgan fingerprint density at radius 1 is 1.19 bits per heavy atom. The third-order valence-electron chi connectivity index (χ3n) is 4.31. The van der Waals surface area contributed by atoms with Crippen LogP contribution in [0, 0.1) is 6.92 Å². The number of likely N-dealkylation sites (N-methyl/N-ethyl adjacent to an activating group) is 1. The molecule has 1 fully saturated rings. The van der Waals surface area contributed by atoms with E-state index in [9.17, 15) is 18.0 Å². The van der Waals surface area contributed by atoms with Gasteiger partial charge >= 0.3 is 12.2 Å². The average Bonchev–Trinajstić information content (AvgIpc) is 2.54. The van der Waals surface area contributed by atoms with Crippen LogP contribution in [-0.2, 0) is 6.18 Å². The van der Waals surface area contributed by atoms with E-state index in [2.05, 4.69) is 15.5 Å². The van der Waals surface area contributed by atoms with Crippen LogP contribution in [0.5, 0.6) is 0 Å². The van der Waals surface area contributed by atoms with Crippen molar-refractivity contribution in [3.8, 4) is 0 Å². The van der Waals surface area contributed by atoms with Crippen LogP contribution in [0.1, 0.15) is 11.3 Å². The van der Waals surface area contributed by atoms with E-state index < -0.39 is 17.8 Å². The van der Waals surface area contributed by atoms with Crippen LogP contribution >= 0.6 is 0 Å². The fraction of sp³-hybridized carbons (Fsp3) is 0.353. The predicted octanol–water partition coefficient (Wildman–Crippen LogP) is 3.16. The van der Waals surface area contributed by atoms with Gasteiger partial charge in [0.2, 0.25) is 0 Å². The van der Waals surface area contributed by atoms with Gasteiger partial charge in [0.25, 0.3) is 0 Å². The number of carbonyl (C=O) groups excluding carboxylic acids is 1. The number of hydrogen-bond acceptors (Lipinski definition) is 4. The number of benzene rings is 1. The van der Waals surface area contributed by atoms with Crippen molar-refractivity contribution in [1.82, 2.24) is 15.1 Å². The van der Waals surface area contributed by atoms with Crippen LogP contribution in [0.25, 0.3) is 0 Å². The van der Waals surface area contributed by atoms with Crippen LogP contribution in [0.15, 0.2) is 36.4 Å². The van der Waals surface area contributed by atoms with Crippen LogP contribution in [0.4, 0.5) is 29.5 Å².